The Morgan fingerprint density at radius 2 is 1.57 bits per heavy atom. The predicted molar refractivity (Wildman–Crippen MR) is 149 cm³/mol. The van der Waals surface area contributed by atoms with Crippen LogP contribution in [-0.4, -0.2) is 25.3 Å². The van der Waals surface area contributed by atoms with Crippen LogP contribution in [0.15, 0.2) is 75.0 Å². The van der Waals surface area contributed by atoms with Crippen LogP contribution in [0.4, 0.5) is 11.4 Å². The number of thioether (sulfide) groups is 1. The normalized spacial score (nSPS) is 15.8. The van der Waals surface area contributed by atoms with E-state index in [-0.39, 0.29) is 5.91 Å². The third-order valence-electron chi connectivity index (χ3n) is 5.80. The Balaban J connectivity index is 1.85. The number of anilines is 1. The number of hydrogen-bond donors (Lipinski definition) is 0. The van der Waals surface area contributed by atoms with Crippen LogP contribution < -0.4 is 14.4 Å². The minimum Gasteiger partial charge on any atom is -0.493 e. The molecule has 0 bridgehead atoms. The first-order valence-corrected chi connectivity index (χ1v) is 13.0. The number of aliphatic imine (C=N–C) groups is 1. The number of aryl methyl sites for hydroxylation is 2. The van der Waals surface area contributed by atoms with Crippen molar-refractivity contribution in [3.8, 4) is 11.5 Å². The fourth-order valence-electron chi connectivity index (χ4n) is 3.93. The second-order valence-corrected chi connectivity index (χ2v) is 9.70. The third-order valence-corrected chi connectivity index (χ3v) is 7.45. The molecule has 180 valence electrons. The molecule has 3 aromatic carbocycles. The Kier molecular flexibility index (Phi) is 7.98. The van der Waals surface area contributed by atoms with E-state index in [1.807, 2.05) is 54.6 Å². The first-order chi connectivity index (χ1) is 17.0. The highest BCUT2D eigenvalue weighted by molar-refractivity contribution is 9.10. The number of para-hydroxylation sites is 2. The van der Waals surface area contributed by atoms with E-state index >= 15 is 0 Å². The summed E-state index contributed by atoms with van der Waals surface area (Å²) in [5.74, 6) is 1.10. The Bertz CT molecular complexity index is 1320. The number of rotatable bonds is 7. The molecule has 0 aromatic heterocycles. The van der Waals surface area contributed by atoms with E-state index in [0.717, 1.165) is 45.4 Å². The number of nitrogens with zero attached hydrogens (tertiary/aromatic N) is 2. The summed E-state index contributed by atoms with van der Waals surface area (Å²) in [6.07, 6.45) is 3.54. The van der Waals surface area contributed by atoms with Crippen molar-refractivity contribution in [1.29, 1.82) is 0 Å². The maximum atomic E-state index is 13.8. The zero-order valence-corrected chi connectivity index (χ0v) is 22.6. The Hall–Kier alpha value is -3.03. The van der Waals surface area contributed by atoms with E-state index in [0.29, 0.717) is 21.6 Å². The standard InChI is InChI=1S/C28H27BrN2O3S/c1-5-18-11-7-9-13-22(18)30-28-31(23-14-10-8-12-19(23)6-2)27(32)26(35-28)16-20-15-24(33-3)25(34-4)17-21(20)29/h7-17H,5-6H2,1-4H3/b26-16-,30-28?. The number of carbonyl (C=O) groups excluding carboxylic acids is 1. The van der Waals surface area contributed by atoms with Crippen molar-refractivity contribution in [2.24, 2.45) is 4.99 Å². The molecule has 1 fully saturated rings. The molecule has 0 aliphatic carbocycles. The maximum Gasteiger partial charge on any atom is 0.271 e. The van der Waals surface area contributed by atoms with Gasteiger partial charge in [-0.05, 0) is 71.6 Å². The van der Waals surface area contributed by atoms with Crippen molar-refractivity contribution in [1.82, 2.24) is 0 Å². The molecule has 5 nitrogen and oxygen atoms in total. The van der Waals surface area contributed by atoms with Gasteiger partial charge in [-0.3, -0.25) is 9.69 Å². The van der Waals surface area contributed by atoms with E-state index in [2.05, 4.69) is 41.9 Å². The first-order valence-electron chi connectivity index (χ1n) is 11.4. The number of ether oxygens (including phenoxy) is 2. The van der Waals surface area contributed by atoms with E-state index in [1.165, 1.54) is 11.8 Å². The van der Waals surface area contributed by atoms with Crippen molar-refractivity contribution in [2.45, 2.75) is 26.7 Å². The number of methoxy groups -OCH3 is 2. The molecular weight excluding hydrogens is 524 g/mol. The van der Waals surface area contributed by atoms with Crippen LogP contribution in [0.2, 0.25) is 0 Å². The number of hydrogen-bond acceptors (Lipinski definition) is 5. The Labute approximate surface area is 219 Å². The molecule has 0 unspecified atom stereocenters. The second-order valence-electron chi connectivity index (χ2n) is 7.84. The fourth-order valence-corrected chi connectivity index (χ4v) is 5.35. The monoisotopic (exact) mass is 550 g/mol. The lowest BCUT2D eigenvalue weighted by Crippen LogP contribution is -2.29. The van der Waals surface area contributed by atoms with Crippen LogP contribution in [0.3, 0.4) is 0 Å². The largest absolute Gasteiger partial charge is 0.493 e. The third kappa shape index (κ3) is 5.16. The second kappa shape index (κ2) is 11.1. The summed E-state index contributed by atoms with van der Waals surface area (Å²) in [6.45, 7) is 4.20. The van der Waals surface area contributed by atoms with Crippen LogP contribution >= 0.6 is 27.7 Å². The molecular formula is C28H27BrN2O3S. The molecule has 0 atom stereocenters. The quantitative estimate of drug-likeness (QED) is 0.287. The van der Waals surface area contributed by atoms with Crippen LogP contribution in [0.5, 0.6) is 11.5 Å². The summed E-state index contributed by atoms with van der Waals surface area (Å²) < 4.78 is 11.7. The van der Waals surface area contributed by atoms with Crippen molar-refractivity contribution in [3.63, 3.8) is 0 Å². The molecule has 3 aromatic rings. The summed E-state index contributed by atoms with van der Waals surface area (Å²) in [4.78, 5) is 21.1. The van der Waals surface area contributed by atoms with Gasteiger partial charge in [-0.15, -0.1) is 0 Å². The van der Waals surface area contributed by atoms with Crippen LogP contribution in [0, 0.1) is 0 Å². The molecule has 1 aliphatic rings. The van der Waals surface area contributed by atoms with Crippen molar-refractivity contribution in [3.05, 3.63) is 86.7 Å². The molecule has 4 rings (SSSR count). The summed E-state index contributed by atoms with van der Waals surface area (Å²) in [5, 5.41) is 0.639. The molecule has 1 saturated heterocycles. The van der Waals surface area contributed by atoms with Gasteiger partial charge in [0.2, 0.25) is 0 Å². The SMILES string of the molecule is CCc1ccccc1N=C1S/C(=C\c2cc(OC)c(OC)cc2Br)C(=O)N1c1ccccc1CC. The van der Waals surface area contributed by atoms with Crippen molar-refractivity contribution < 1.29 is 14.3 Å². The Morgan fingerprint density at radius 3 is 2.26 bits per heavy atom. The summed E-state index contributed by atoms with van der Waals surface area (Å²) in [5.41, 5.74) is 4.77. The summed E-state index contributed by atoms with van der Waals surface area (Å²) >= 11 is 4.98. The number of carbonyl (C=O) groups is 1. The van der Waals surface area contributed by atoms with Gasteiger partial charge in [0.15, 0.2) is 16.7 Å². The van der Waals surface area contributed by atoms with Gasteiger partial charge in [0.05, 0.1) is 30.5 Å². The number of halogens is 1. The molecule has 7 heteroatoms. The molecule has 0 N–H and O–H groups in total. The highest BCUT2D eigenvalue weighted by Crippen LogP contribution is 2.41. The van der Waals surface area contributed by atoms with Crippen LogP contribution in [0.1, 0.15) is 30.5 Å². The molecule has 1 amide bonds. The van der Waals surface area contributed by atoms with Crippen molar-refractivity contribution >= 4 is 56.2 Å². The van der Waals surface area contributed by atoms with Crippen molar-refractivity contribution in [2.75, 3.05) is 19.1 Å². The van der Waals surface area contributed by atoms with E-state index < -0.39 is 0 Å². The lowest BCUT2D eigenvalue weighted by Gasteiger charge is -2.19. The van der Waals surface area contributed by atoms with Gasteiger partial charge >= 0.3 is 0 Å². The van der Waals surface area contributed by atoms with E-state index in [4.69, 9.17) is 14.5 Å². The number of amidine groups is 1. The highest BCUT2D eigenvalue weighted by Gasteiger charge is 2.36. The van der Waals surface area contributed by atoms with Gasteiger partial charge in [0, 0.05) is 4.47 Å². The lowest BCUT2D eigenvalue weighted by molar-refractivity contribution is -0.113. The molecule has 0 spiro atoms. The zero-order valence-electron chi connectivity index (χ0n) is 20.2. The zero-order chi connectivity index (χ0) is 24.9. The maximum absolute atomic E-state index is 13.8. The molecule has 0 radical (unpaired) electrons. The average Bonchev–Trinajstić information content (AvgIpc) is 3.19. The summed E-state index contributed by atoms with van der Waals surface area (Å²) in [7, 11) is 3.19. The molecule has 0 saturated carbocycles. The highest BCUT2D eigenvalue weighted by atomic mass is 79.9. The van der Waals surface area contributed by atoms with Gasteiger partial charge < -0.3 is 9.47 Å². The van der Waals surface area contributed by atoms with Gasteiger partial charge in [-0.25, -0.2) is 4.99 Å². The predicted octanol–water partition coefficient (Wildman–Crippen LogP) is 7.40. The summed E-state index contributed by atoms with van der Waals surface area (Å²) in [6, 6.07) is 19.7. The lowest BCUT2D eigenvalue weighted by atomic mass is 10.1. The van der Waals surface area contributed by atoms with Crippen LogP contribution in [0.25, 0.3) is 6.08 Å². The molecule has 1 heterocycles. The van der Waals surface area contributed by atoms with Gasteiger partial charge in [-0.2, -0.15) is 0 Å². The molecule has 35 heavy (non-hydrogen) atoms. The topological polar surface area (TPSA) is 51.1 Å². The smallest absolute Gasteiger partial charge is 0.271 e. The van der Waals surface area contributed by atoms with E-state index in [1.54, 1.807) is 19.1 Å². The van der Waals surface area contributed by atoms with Gasteiger partial charge in [0.25, 0.3) is 5.91 Å². The Morgan fingerprint density at radius 1 is 0.943 bits per heavy atom. The fraction of sp³-hybridized carbons (Fsp3) is 0.214. The van der Waals surface area contributed by atoms with Gasteiger partial charge in [-0.1, -0.05) is 66.2 Å². The number of benzene rings is 3. The first kappa shape index (κ1) is 25.1. The number of amides is 1. The van der Waals surface area contributed by atoms with Crippen LogP contribution in [-0.2, 0) is 17.6 Å². The minimum atomic E-state index is -0.106. The van der Waals surface area contributed by atoms with E-state index in [9.17, 15) is 4.79 Å². The molecule has 1 aliphatic heterocycles. The minimum absolute atomic E-state index is 0.106. The van der Waals surface area contributed by atoms with Gasteiger partial charge in [0.1, 0.15) is 0 Å². The average molecular weight is 552 g/mol.